The first-order valence-corrected chi connectivity index (χ1v) is 9.43. The lowest BCUT2D eigenvalue weighted by Crippen LogP contribution is -2.61. The molecule has 1 spiro atoms. The number of halogens is 3. The van der Waals surface area contributed by atoms with E-state index in [1.54, 1.807) is 4.90 Å². The lowest BCUT2D eigenvalue weighted by Gasteiger charge is -2.48. The van der Waals surface area contributed by atoms with Gasteiger partial charge in [-0.05, 0) is 67.7 Å². The fourth-order valence-electron chi connectivity index (χ4n) is 4.27. The van der Waals surface area contributed by atoms with Gasteiger partial charge in [0.1, 0.15) is 5.75 Å². The molecule has 1 aliphatic heterocycles. The minimum atomic E-state index is -4.72. The third-order valence-corrected chi connectivity index (χ3v) is 5.98. The highest BCUT2D eigenvalue weighted by molar-refractivity contribution is 5.93. The van der Waals surface area contributed by atoms with Crippen molar-refractivity contribution in [2.24, 2.45) is 11.3 Å². The molecule has 0 bridgehead atoms. The second-order valence-corrected chi connectivity index (χ2v) is 8.79. The molecule has 1 N–H and O–H groups in total. The van der Waals surface area contributed by atoms with Gasteiger partial charge in [-0.3, -0.25) is 4.90 Å². The molecule has 27 heavy (non-hydrogen) atoms. The molecule has 1 heterocycles. The van der Waals surface area contributed by atoms with Crippen molar-refractivity contribution in [3.05, 3.63) is 24.3 Å². The van der Waals surface area contributed by atoms with Crippen LogP contribution in [0.4, 0.5) is 23.7 Å². The molecule has 1 saturated heterocycles. The monoisotopic (exact) mass is 384 g/mol. The van der Waals surface area contributed by atoms with Crippen LogP contribution in [0.5, 0.6) is 5.75 Å². The van der Waals surface area contributed by atoms with Crippen LogP contribution in [-0.2, 0) is 0 Å². The average molecular weight is 384 g/mol. The molecule has 7 heteroatoms. The van der Waals surface area contributed by atoms with Crippen molar-refractivity contribution >= 4 is 11.7 Å². The van der Waals surface area contributed by atoms with Gasteiger partial charge in [0.15, 0.2) is 0 Å². The lowest BCUT2D eigenvalue weighted by molar-refractivity contribution is -0.274. The summed E-state index contributed by atoms with van der Waals surface area (Å²) in [5.74, 6) is 0.375. The summed E-state index contributed by atoms with van der Waals surface area (Å²) in [4.78, 5) is 14.2. The van der Waals surface area contributed by atoms with E-state index in [-0.39, 0.29) is 22.7 Å². The predicted molar refractivity (Wildman–Crippen MR) is 97.8 cm³/mol. The number of carbonyl (C=O) groups excluding carboxylic acids is 1. The van der Waals surface area contributed by atoms with Crippen molar-refractivity contribution in [3.63, 3.8) is 0 Å². The summed E-state index contributed by atoms with van der Waals surface area (Å²) in [5, 5.41) is 3.18. The normalized spacial score (nSPS) is 26.8. The third kappa shape index (κ3) is 4.68. The zero-order chi connectivity index (χ0) is 19.9. The standard InChI is InChI=1S/C20H27F3N2O2/c1-18(2,3)14-8-10-19(11-9-14)12-13-25(17(26)24-19)15-4-6-16(7-5-15)27-20(21,22)23/h4-7,14H,8-13H2,1-3H3,(H,24,26)/t14-,19-. The summed E-state index contributed by atoms with van der Waals surface area (Å²) in [5.41, 5.74) is 0.710. The van der Waals surface area contributed by atoms with Crippen LogP contribution in [0.25, 0.3) is 0 Å². The molecule has 1 aromatic carbocycles. The molecular formula is C20H27F3N2O2. The minimum absolute atomic E-state index is 0.144. The molecule has 2 aliphatic rings. The molecule has 1 saturated carbocycles. The summed E-state index contributed by atoms with van der Waals surface area (Å²) in [6.07, 6.45) is 0.291. The van der Waals surface area contributed by atoms with E-state index in [1.807, 2.05) is 0 Å². The van der Waals surface area contributed by atoms with Crippen LogP contribution < -0.4 is 15.0 Å². The Hall–Kier alpha value is -1.92. The highest BCUT2D eigenvalue weighted by Gasteiger charge is 2.43. The van der Waals surface area contributed by atoms with Gasteiger partial charge in [0.25, 0.3) is 0 Å². The van der Waals surface area contributed by atoms with Gasteiger partial charge < -0.3 is 10.1 Å². The largest absolute Gasteiger partial charge is 0.573 e. The van der Waals surface area contributed by atoms with E-state index in [2.05, 4.69) is 30.8 Å². The van der Waals surface area contributed by atoms with Crippen molar-refractivity contribution in [1.29, 1.82) is 0 Å². The molecule has 4 nitrogen and oxygen atoms in total. The summed E-state index contributed by atoms with van der Waals surface area (Å²) in [6.45, 7) is 7.36. The van der Waals surface area contributed by atoms with Crippen LogP contribution in [0, 0.1) is 11.3 Å². The van der Waals surface area contributed by atoms with Crippen LogP contribution in [-0.4, -0.2) is 24.5 Å². The number of alkyl halides is 3. The molecule has 2 amide bonds. The number of anilines is 1. The molecule has 2 fully saturated rings. The van der Waals surface area contributed by atoms with Gasteiger partial charge in [0.05, 0.1) is 0 Å². The quantitative estimate of drug-likeness (QED) is 0.734. The van der Waals surface area contributed by atoms with Gasteiger partial charge in [-0.2, -0.15) is 0 Å². The molecule has 1 aliphatic carbocycles. The molecule has 0 aromatic heterocycles. The van der Waals surface area contributed by atoms with E-state index in [9.17, 15) is 18.0 Å². The fourth-order valence-corrected chi connectivity index (χ4v) is 4.27. The molecule has 1 aromatic rings. The Morgan fingerprint density at radius 2 is 1.67 bits per heavy atom. The number of ether oxygens (including phenoxy) is 1. The van der Waals surface area contributed by atoms with E-state index in [1.165, 1.54) is 24.3 Å². The van der Waals surface area contributed by atoms with Gasteiger partial charge in [-0.25, -0.2) is 4.79 Å². The molecule has 0 unspecified atom stereocenters. The molecule has 150 valence electrons. The van der Waals surface area contributed by atoms with Gasteiger partial charge in [0, 0.05) is 17.8 Å². The molecule has 3 rings (SSSR count). The third-order valence-electron chi connectivity index (χ3n) is 5.98. The van der Waals surface area contributed by atoms with Crippen molar-refractivity contribution in [2.45, 2.75) is 64.8 Å². The smallest absolute Gasteiger partial charge is 0.406 e. The summed E-state index contributed by atoms with van der Waals surface area (Å²) < 4.78 is 40.7. The van der Waals surface area contributed by atoms with E-state index in [0.29, 0.717) is 18.2 Å². The maximum atomic E-state index is 12.7. The zero-order valence-corrected chi connectivity index (χ0v) is 16.0. The Morgan fingerprint density at radius 3 is 2.15 bits per heavy atom. The minimum Gasteiger partial charge on any atom is -0.406 e. The van der Waals surface area contributed by atoms with Crippen molar-refractivity contribution in [1.82, 2.24) is 5.32 Å². The number of amides is 2. The Kier molecular flexibility index (Phi) is 5.08. The Bertz CT molecular complexity index is 672. The fraction of sp³-hybridized carbons (Fsp3) is 0.650. The highest BCUT2D eigenvalue weighted by atomic mass is 19.4. The number of benzene rings is 1. The second kappa shape index (κ2) is 6.91. The van der Waals surface area contributed by atoms with Gasteiger partial charge >= 0.3 is 12.4 Å². The number of nitrogens with one attached hydrogen (secondary N) is 1. The number of hydrogen-bond acceptors (Lipinski definition) is 2. The summed E-state index contributed by atoms with van der Waals surface area (Å²) in [6, 6.07) is 5.24. The lowest BCUT2D eigenvalue weighted by atomic mass is 9.66. The molecule has 0 radical (unpaired) electrons. The first-order valence-electron chi connectivity index (χ1n) is 9.43. The average Bonchev–Trinajstić information content (AvgIpc) is 2.54. The first-order chi connectivity index (χ1) is 12.5. The van der Waals surface area contributed by atoms with Crippen LogP contribution in [0.3, 0.4) is 0 Å². The van der Waals surface area contributed by atoms with Gasteiger partial charge in [-0.15, -0.1) is 13.2 Å². The van der Waals surface area contributed by atoms with E-state index in [4.69, 9.17) is 0 Å². The number of carbonyl (C=O) groups is 1. The Labute approximate surface area is 158 Å². The van der Waals surface area contributed by atoms with Crippen LogP contribution >= 0.6 is 0 Å². The molecule has 0 atom stereocenters. The SMILES string of the molecule is CC(C)(C)[C@H]1CC[C@@]2(CCN(c3ccc(OC(F)(F)F)cc3)C(=O)N2)CC1. The van der Waals surface area contributed by atoms with Gasteiger partial charge in [-0.1, -0.05) is 20.8 Å². The highest BCUT2D eigenvalue weighted by Crippen LogP contribution is 2.43. The number of rotatable bonds is 2. The van der Waals surface area contributed by atoms with Crippen molar-refractivity contribution < 1.29 is 22.7 Å². The van der Waals surface area contributed by atoms with Crippen LogP contribution in [0.2, 0.25) is 0 Å². The van der Waals surface area contributed by atoms with Crippen LogP contribution in [0.1, 0.15) is 52.9 Å². The maximum Gasteiger partial charge on any atom is 0.573 e. The van der Waals surface area contributed by atoms with Crippen molar-refractivity contribution in [3.8, 4) is 5.75 Å². The zero-order valence-electron chi connectivity index (χ0n) is 16.0. The van der Waals surface area contributed by atoms with Gasteiger partial charge in [0.2, 0.25) is 0 Å². The van der Waals surface area contributed by atoms with E-state index < -0.39 is 6.36 Å². The second-order valence-electron chi connectivity index (χ2n) is 8.79. The topological polar surface area (TPSA) is 41.6 Å². The Balaban J connectivity index is 1.62. The van der Waals surface area contributed by atoms with E-state index in [0.717, 1.165) is 32.1 Å². The van der Waals surface area contributed by atoms with Crippen molar-refractivity contribution in [2.75, 3.05) is 11.4 Å². The maximum absolute atomic E-state index is 12.7. The summed E-state index contributed by atoms with van der Waals surface area (Å²) in [7, 11) is 0. The Morgan fingerprint density at radius 1 is 1.07 bits per heavy atom. The predicted octanol–water partition coefficient (Wildman–Crippen LogP) is 5.48. The summed E-state index contributed by atoms with van der Waals surface area (Å²) >= 11 is 0. The number of nitrogens with zero attached hydrogens (tertiary/aromatic N) is 1. The number of urea groups is 1. The van der Waals surface area contributed by atoms with E-state index >= 15 is 0 Å². The molecular weight excluding hydrogens is 357 g/mol. The number of hydrogen-bond donors (Lipinski definition) is 1. The van der Waals surface area contributed by atoms with Crippen LogP contribution in [0.15, 0.2) is 24.3 Å². The first kappa shape index (κ1) is 19.8.